The fourth-order valence-electron chi connectivity index (χ4n) is 3.38. The van der Waals surface area contributed by atoms with Gasteiger partial charge in [0.05, 0.1) is 11.7 Å². The third-order valence-corrected chi connectivity index (χ3v) is 4.77. The largest absolute Gasteiger partial charge is 0.351 e. The number of fused-ring (bicyclic) bond motifs is 1. The molecule has 1 unspecified atom stereocenters. The molecule has 1 aliphatic heterocycles. The van der Waals surface area contributed by atoms with Gasteiger partial charge in [-0.15, -0.1) is 0 Å². The van der Waals surface area contributed by atoms with E-state index in [9.17, 15) is 9.59 Å². The number of likely N-dealkylation sites (tertiary alicyclic amines) is 1. The first kappa shape index (κ1) is 18.1. The number of aromatic amines is 1. The van der Waals surface area contributed by atoms with Crippen molar-refractivity contribution in [2.45, 2.75) is 38.8 Å². The summed E-state index contributed by atoms with van der Waals surface area (Å²) in [6.07, 6.45) is 3.92. The Kier molecular flexibility index (Phi) is 4.37. The first-order chi connectivity index (χ1) is 13.3. The molecule has 4 rings (SSSR count). The van der Waals surface area contributed by atoms with E-state index in [-0.39, 0.29) is 23.0 Å². The van der Waals surface area contributed by atoms with Crippen LogP contribution in [0.5, 0.6) is 0 Å². The topological polar surface area (TPSA) is 109 Å². The molecule has 0 radical (unpaired) electrons. The molecule has 9 heteroatoms. The van der Waals surface area contributed by atoms with E-state index in [1.54, 1.807) is 40.2 Å². The molecule has 0 aliphatic carbocycles. The number of H-pyrrole nitrogens is 1. The molecule has 3 aromatic heterocycles. The maximum absolute atomic E-state index is 12.5. The normalized spacial score (nSPS) is 17.2. The number of aromatic nitrogens is 5. The minimum Gasteiger partial charge on any atom is -0.351 e. The van der Waals surface area contributed by atoms with Crippen molar-refractivity contribution in [3.8, 4) is 0 Å². The van der Waals surface area contributed by atoms with E-state index in [1.165, 1.54) is 0 Å². The van der Waals surface area contributed by atoms with Crippen LogP contribution in [0.15, 0.2) is 35.4 Å². The van der Waals surface area contributed by atoms with Gasteiger partial charge in [-0.25, -0.2) is 4.68 Å². The molecule has 3 aromatic rings. The Bertz CT molecular complexity index is 1070. The Morgan fingerprint density at radius 1 is 1.32 bits per heavy atom. The lowest BCUT2D eigenvalue weighted by molar-refractivity contribution is 0.0786. The van der Waals surface area contributed by atoms with E-state index >= 15 is 0 Å². The van der Waals surface area contributed by atoms with Gasteiger partial charge < -0.3 is 10.2 Å². The summed E-state index contributed by atoms with van der Waals surface area (Å²) in [6.45, 7) is 7.17. The van der Waals surface area contributed by atoms with Gasteiger partial charge in [0.1, 0.15) is 11.1 Å². The van der Waals surface area contributed by atoms with Gasteiger partial charge in [-0.05, 0) is 39.3 Å². The maximum Gasteiger partial charge on any atom is 0.272 e. The van der Waals surface area contributed by atoms with Crippen LogP contribution in [0.1, 0.15) is 37.7 Å². The molecule has 28 heavy (non-hydrogen) atoms. The molecule has 0 aromatic carbocycles. The number of carbonyl (C=O) groups is 1. The molecule has 9 nitrogen and oxygen atoms in total. The van der Waals surface area contributed by atoms with E-state index < -0.39 is 0 Å². The third-order valence-electron chi connectivity index (χ3n) is 4.77. The van der Waals surface area contributed by atoms with Crippen LogP contribution < -0.4 is 10.9 Å². The van der Waals surface area contributed by atoms with Crippen LogP contribution in [0.3, 0.4) is 0 Å². The van der Waals surface area contributed by atoms with Crippen molar-refractivity contribution >= 4 is 22.9 Å². The fourth-order valence-corrected chi connectivity index (χ4v) is 3.38. The highest BCUT2D eigenvalue weighted by Crippen LogP contribution is 2.20. The number of pyridine rings is 1. The van der Waals surface area contributed by atoms with Gasteiger partial charge in [-0.3, -0.25) is 19.6 Å². The molecule has 146 valence electrons. The van der Waals surface area contributed by atoms with Crippen molar-refractivity contribution in [1.82, 2.24) is 29.6 Å². The summed E-state index contributed by atoms with van der Waals surface area (Å²) in [5, 5.41) is 8.03. The van der Waals surface area contributed by atoms with Crippen LogP contribution in [0.25, 0.3) is 11.0 Å². The number of rotatable bonds is 3. The van der Waals surface area contributed by atoms with E-state index in [1.807, 2.05) is 20.8 Å². The Hall–Kier alpha value is -3.23. The van der Waals surface area contributed by atoms with Gasteiger partial charge in [-0.2, -0.15) is 10.1 Å². The molecule has 2 N–H and O–H groups in total. The lowest BCUT2D eigenvalue weighted by Crippen LogP contribution is -2.32. The molecule has 1 fully saturated rings. The predicted octanol–water partition coefficient (Wildman–Crippen LogP) is 1.60. The summed E-state index contributed by atoms with van der Waals surface area (Å²) in [4.78, 5) is 38.2. The SMILES string of the molecule is CC(C)(C)n1ncc2c(=O)[nH]c(NC3CCN(C(=O)c4ccccn4)C3)nc21. The minimum atomic E-state index is -0.293. The van der Waals surface area contributed by atoms with E-state index in [4.69, 9.17) is 0 Å². The first-order valence-corrected chi connectivity index (χ1v) is 9.28. The second-order valence-electron chi connectivity index (χ2n) is 7.98. The number of nitrogens with one attached hydrogen (secondary N) is 2. The first-order valence-electron chi connectivity index (χ1n) is 9.28. The van der Waals surface area contributed by atoms with Crippen molar-refractivity contribution in [2.24, 2.45) is 0 Å². The summed E-state index contributed by atoms with van der Waals surface area (Å²) in [5.74, 6) is 0.299. The molecule has 1 amide bonds. The van der Waals surface area contributed by atoms with Crippen LogP contribution in [0, 0.1) is 0 Å². The zero-order valence-corrected chi connectivity index (χ0v) is 16.1. The summed E-state index contributed by atoms with van der Waals surface area (Å²) >= 11 is 0. The molecule has 1 aliphatic rings. The summed E-state index contributed by atoms with van der Waals surface area (Å²) < 4.78 is 1.74. The molecule has 1 saturated heterocycles. The number of hydrogen-bond donors (Lipinski definition) is 2. The summed E-state index contributed by atoms with van der Waals surface area (Å²) in [6, 6.07) is 5.29. The summed E-state index contributed by atoms with van der Waals surface area (Å²) in [5.41, 5.74) is 0.449. The molecule has 0 saturated carbocycles. The highest BCUT2D eigenvalue weighted by Gasteiger charge is 2.28. The second-order valence-corrected chi connectivity index (χ2v) is 7.98. The van der Waals surface area contributed by atoms with Crippen LogP contribution in [-0.4, -0.2) is 54.7 Å². The van der Waals surface area contributed by atoms with Crippen LogP contribution in [0.2, 0.25) is 0 Å². The Morgan fingerprint density at radius 2 is 2.14 bits per heavy atom. The fraction of sp³-hybridized carbons (Fsp3) is 0.421. The third kappa shape index (κ3) is 3.35. The highest BCUT2D eigenvalue weighted by molar-refractivity contribution is 5.92. The Balaban J connectivity index is 1.53. The monoisotopic (exact) mass is 381 g/mol. The second kappa shape index (κ2) is 6.74. The van der Waals surface area contributed by atoms with Gasteiger partial charge in [0.25, 0.3) is 11.5 Å². The number of anilines is 1. The van der Waals surface area contributed by atoms with Crippen molar-refractivity contribution in [3.63, 3.8) is 0 Å². The van der Waals surface area contributed by atoms with Crippen LogP contribution >= 0.6 is 0 Å². The van der Waals surface area contributed by atoms with Gasteiger partial charge in [0.15, 0.2) is 5.65 Å². The number of carbonyl (C=O) groups excluding carboxylic acids is 1. The molecular weight excluding hydrogens is 358 g/mol. The Labute approximate surface area is 161 Å². The van der Waals surface area contributed by atoms with Crippen LogP contribution in [0.4, 0.5) is 5.95 Å². The Morgan fingerprint density at radius 3 is 2.86 bits per heavy atom. The lowest BCUT2D eigenvalue weighted by atomic mass is 10.1. The average Bonchev–Trinajstić information content (AvgIpc) is 3.29. The number of amides is 1. The predicted molar refractivity (Wildman–Crippen MR) is 105 cm³/mol. The maximum atomic E-state index is 12.5. The minimum absolute atomic E-state index is 0.000676. The van der Waals surface area contributed by atoms with Crippen molar-refractivity contribution in [1.29, 1.82) is 0 Å². The van der Waals surface area contributed by atoms with Gasteiger partial charge in [0, 0.05) is 25.3 Å². The van der Waals surface area contributed by atoms with E-state index in [2.05, 4.69) is 25.4 Å². The quantitative estimate of drug-likeness (QED) is 0.713. The molecule has 1 atom stereocenters. The van der Waals surface area contributed by atoms with Crippen molar-refractivity contribution in [2.75, 3.05) is 18.4 Å². The lowest BCUT2D eigenvalue weighted by Gasteiger charge is -2.20. The highest BCUT2D eigenvalue weighted by atomic mass is 16.2. The van der Waals surface area contributed by atoms with Gasteiger partial charge in [0.2, 0.25) is 5.95 Å². The average molecular weight is 381 g/mol. The number of hydrogen-bond acceptors (Lipinski definition) is 6. The van der Waals surface area contributed by atoms with Gasteiger partial charge >= 0.3 is 0 Å². The van der Waals surface area contributed by atoms with Crippen molar-refractivity contribution < 1.29 is 4.79 Å². The van der Waals surface area contributed by atoms with Gasteiger partial charge in [-0.1, -0.05) is 6.07 Å². The number of nitrogens with zero attached hydrogens (tertiary/aromatic N) is 5. The molecule has 4 heterocycles. The van der Waals surface area contributed by atoms with Crippen LogP contribution in [-0.2, 0) is 5.54 Å². The van der Waals surface area contributed by atoms with Crippen molar-refractivity contribution in [3.05, 3.63) is 46.6 Å². The zero-order valence-electron chi connectivity index (χ0n) is 16.1. The molecule has 0 spiro atoms. The molecular formula is C19H23N7O2. The standard InChI is InChI=1S/C19H23N7O2/c1-19(2,3)26-15-13(10-21-26)16(27)24-18(23-15)22-12-7-9-25(11-12)17(28)14-6-4-5-8-20-14/h4-6,8,10,12H,7,9,11H2,1-3H3,(H2,22,23,24,27). The molecule has 0 bridgehead atoms. The zero-order chi connectivity index (χ0) is 19.9. The van der Waals surface area contributed by atoms with E-state index in [0.29, 0.717) is 35.8 Å². The van der Waals surface area contributed by atoms with E-state index in [0.717, 1.165) is 6.42 Å². The smallest absolute Gasteiger partial charge is 0.272 e. The summed E-state index contributed by atoms with van der Waals surface area (Å²) in [7, 11) is 0.